The molecule has 6 heteroatoms. The van der Waals surface area contributed by atoms with Gasteiger partial charge in [-0.3, -0.25) is 4.79 Å². The maximum Gasteiger partial charge on any atom is 0.326 e. The van der Waals surface area contributed by atoms with E-state index in [0.717, 1.165) is 6.42 Å². The van der Waals surface area contributed by atoms with Crippen LogP contribution in [0.1, 0.15) is 42.9 Å². The lowest BCUT2D eigenvalue weighted by atomic mass is 10.0. The molecular formula is C12H18N2O4. The molecule has 1 aromatic heterocycles. The summed E-state index contributed by atoms with van der Waals surface area (Å²) in [5.41, 5.74) is 0.100. The molecule has 100 valence electrons. The molecule has 18 heavy (non-hydrogen) atoms. The zero-order valence-corrected chi connectivity index (χ0v) is 10.8. The molecule has 0 aliphatic heterocycles. The number of rotatable bonds is 6. The van der Waals surface area contributed by atoms with Crippen LogP contribution in [0.15, 0.2) is 10.6 Å². The minimum atomic E-state index is -1.04. The zero-order valence-electron chi connectivity index (χ0n) is 10.8. The monoisotopic (exact) mass is 254 g/mol. The highest BCUT2D eigenvalue weighted by atomic mass is 16.5. The number of aromatic nitrogens is 1. The number of carbonyl (C=O) groups is 2. The molecule has 1 aromatic rings. The number of hydrogen-bond donors (Lipinski definition) is 2. The maximum atomic E-state index is 11.7. The fourth-order valence-corrected chi connectivity index (χ4v) is 1.46. The summed E-state index contributed by atoms with van der Waals surface area (Å²) in [7, 11) is 0. The van der Waals surface area contributed by atoms with Gasteiger partial charge in [0.15, 0.2) is 5.69 Å². The predicted octanol–water partition coefficient (Wildman–Crippen LogP) is 1.60. The molecule has 1 rings (SSSR count). The fourth-order valence-electron chi connectivity index (χ4n) is 1.46. The third-order valence-corrected chi connectivity index (χ3v) is 2.50. The second-order valence-electron chi connectivity index (χ2n) is 4.66. The highest BCUT2D eigenvalue weighted by Gasteiger charge is 2.22. The molecule has 6 nitrogen and oxygen atoms in total. The van der Waals surface area contributed by atoms with Crippen LogP contribution in [0.5, 0.6) is 0 Å². The van der Waals surface area contributed by atoms with Crippen molar-refractivity contribution < 1.29 is 19.2 Å². The van der Waals surface area contributed by atoms with Gasteiger partial charge in [0, 0.05) is 6.07 Å². The van der Waals surface area contributed by atoms with Crippen molar-refractivity contribution in [1.29, 1.82) is 0 Å². The third-order valence-electron chi connectivity index (χ3n) is 2.50. The van der Waals surface area contributed by atoms with Crippen LogP contribution < -0.4 is 5.32 Å². The summed E-state index contributed by atoms with van der Waals surface area (Å²) in [6, 6.07) is 0.577. The van der Waals surface area contributed by atoms with E-state index < -0.39 is 17.9 Å². The predicted molar refractivity (Wildman–Crippen MR) is 64.2 cm³/mol. The number of hydrogen-bond acceptors (Lipinski definition) is 4. The molecule has 1 heterocycles. The number of carboxylic acid groups (broad SMARTS) is 1. The van der Waals surface area contributed by atoms with Gasteiger partial charge in [0.2, 0.25) is 0 Å². The second-order valence-corrected chi connectivity index (χ2v) is 4.66. The van der Waals surface area contributed by atoms with Crippen LogP contribution in [0.25, 0.3) is 0 Å². The Kier molecular flexibility index (Phi) is 4.88. The largest absolute Gasteiger partial charge is 0.480 e. The normalized spacial score (nSPS) is 12.4. The lowest BCUT2D eigenvalue weighted by Gasteiger charge is -2.14. The number of nitrogens with one attached hydrogen (secondary N) is 1. The average molecular weight is 254 g/mol. The van der Waals surface area contributed by atoms with Gasteiger partial charge in [-0.1, -0.05) is 19.0 Å². The van der Waals surface area contributed by atoms with Crippen molar-refractivity contribution in [3.63, 3.8) is 0 Å². The standard InChI is InChI=1S/C12H18N2O4/c1-7(2)4-5-9(12(16)17)13-11(15)10-6-8(3)18-14-10/h6-7,9H,4-5H2,1-3H3,(H,13,15)(H,16,17). The van der Waals surface area contributed by atoms with Gasteiger partial charge in [0.25, 0.3) is 5.91 Å². The molecule has 0 aliphatic rings. The van der Waals surface area contributed by atoms with Crippen molar-refractivity contribution in [3.8, 4) is 0 Å². The molecular weight excluding hydrogens is 236 g/mol. The van der Waals surface area contributed by atoms with Crippen molar-refractivity contribution in [1.82, 2.24) is 10.5 Å². The summed E-state index contributed by atoms with van der Waals surface area (Å²) >= 11 is 0. The van der Waals surface area contributed by atoms with Crippen LogP contribution in [0.2, 0.25) is 0 Å². The van der Waals surface area contributed by atoms with Crippen molar-refractivity contribution >= 4 is 11.9 Å². The van der Waals surface area contributed by atoms with Gasteiger partial charge in [-0.2, -0.15) is 0 Å². The Hall–Kier alpha value is -1.85. The number of carbonyl (C=O) groups excluding carboxylic acids is 1. The van der Waals surface area contributed by atoms with Gasteiger partial charge in [-0.15, -0.1) is 0 Å². The molecule has 0 bridgehead atoms. The minimum absolute atomic E-state index is 0.100. The summed E-state index contributed by atoms with van der Waals surface area (Å²) < 4.78 is 4.77. The first-order valence-corrected chi connectivity index (χ1v) is 5.87. The van der Waals surface area contributed by atoms with E-state index in [1.54, 1.807) is 6.92 Å². The summed E-state index contributed by atoms with van der Waals surface area (Å²) in [6.07, 6.45) is 1.13. The molecule has 0 saturated heterocycles. The van der Waals surface area contributed by atoms with Gasteiger partial charge in [-0.25, -0.2) is 4.79 Å². The van der Waals surface area contributed by atoms with Crippen LogP contribution in [0, 0.1) is 12.8 Å². The van der Waals surface area contributed by atoms with E-state index >= 15 is 0 Å². The van der Waals surface area contributed by atoms with E-state index in [1.807, 2.05) is 13.8 Å². The van der Waals surface area contributed by atoms with Crippen molar-refractivity contribution in [2.75, 3.05) is 0 Å². The number of amides is 1. The van der Waals surface area contributed by atoms with Crippen LogP contribution in [0.4, 0.5) is 0 Å². The van der Waals surface area contributed by atoms with Crippen molar-refractivity contribution in [2.24, 2.45) is 5.92 Å². The van der Waals surface area contributed by atoms with Crippen LogP contribution in [-0.2, 0) is 4.79 Å². The summed E-state index contributed by atoms with van der Waals surface area (Å²) in [5.74, 6) is -0.667. The Labute approximate surface area is 105 Å². The molecule has 0 aromatic carbocycles. The minimum Gasteiger partial charge on any atom is -0.480 e. The Morgan fingerprint density at radius 1 is 1.44 bits per heavy atom. The van der Waals surface area contributed by atoms with E-state index in [1.165, 1.54) is 6.07 Å². The van der Waals surface area contributed by atoms with Crippen molar-refractivity contribution in [2.45, 2.75) is 39.7 Å². The fraction of sp³-hybridized carbons (Fsp3) is 0.583. The third kappa shape index (κ3) is 4.20. The Balaban J connectivity index is 2.60. The van der Waals surface area contributed by atoms with Gasteiger partial charge < -0.3 is 14.9 Å². The lowest BCUT2D eigenvalue weighted by molar-refractivity contribution is -0.139. The van der Waals surface area contributed by atoms with E-state index in [9.17, 15) is 9.59 Å². The Morgan fingerprint density at radius 3 is 2.56 bits per heavy atom. The molecule has 0 fully saturated rings. The molecule has 0 radical (unpaired) electrons. The second kappa shape index (κ2) is 6.18. The number of aryl methyl sites for hydroxylation is 1. The van der Waals surface area contributed by atoms with Gasteiger partial charge in [-0.05, 0) is 25.7 Å². The lowest BCUT2D eigenvalue weighted by Crippen LogP contribution is -2.41. The summed E-state index contributed by atoms with van der Waals surface area (Å²) in [5, 5.41) is 15.0. The smallest absolute Gasteiger partial charge is 0.326 e. The number of nitrogens with zero attached hydrogens (tertiary/aromatic N) is 1. The SMILES string of the molecule is Cc1cc(C(=O)NC(CCC(C)C)C(=O)O)no1. The van der Waals surface area contributed by atoms with Gasteiger partial charge in [0.1, 0.15) is 11.8 Å². The van der Waals surface area contributed by atoms with E-state index in [2.05, 4.69) is 10.5 Å². The molecule has 2 N–H and O–H groups in total. The number of carboxylic acids is 1. The van der Waals surface area contributed by atoms with Crippen molar-refractivity contribution in [3.05, 3.63) is 17.5 Å². The molecule has 0 saturated carbocycles. The van der Waals surface area contributed by atoms with Gasteiger partial charge in [0.05, 0.1) is 0 Å². The highest BCUT2D eigenvalue weighted by Crippen LogP contribution is 2.08. The Morgan fingerprint density at radius 2 is 2.11 bits per heavy atom. The Bertz CT molecular complexity index is 425. The van der Waals surface area contributed by atoms with Crippen LogP contribution in [-0.4, -0.2) is 28.2 Å². The van der Waals surface area contributed by atoms with E-state index in [4.69, 9.17) is 9.63 Å². The molecule has 1 amide bonds. The summed E-state index contributed by atoms with van der Waals surface area (Å²) in [4.78, 5) is 22.7. The average Bonchev–Trinajstić information content (AvgIpc) is 2.70. The molecule has 0 aliphatic carbocycles. The topological polar surface area (TPSA) is 92.4 Å². The van der Waals surface area contributed by atoms with Crippen LogP contribution >= 0.6 is 0 Å². The first-order valence-electron chi connectivity index (χ1n) is 5.87. The quantitative estimate of drug-likeness (QED) is 0.804. The first-order chi connectivity index (χ1) is 8.40. The van der Waals surface area contributed by atoms with E-state index in [-0.39, 0.29) is 5.69 Å². The first kappa shape index (κ1) is 14.2. The van der Waals surface area contributed by atoms with E-state index in [0.29, 0.717) is 18.1 Å². The molecule has 1 unspecified atom stereocenters. The van der Waals surface area contributed by atoms with Gasteiger partial charge >= 0.3 is 5.97 Å². The highest BCUT2D eigenvalue weighted by molar-refractivity contribution is 5.94. The summed E-state index contributed by atoms with van der Waals surface area (Å²) in [6.45, 7) is 5.67. The molecule has 0 spiro atoms. The molecule has 1 atom stereocenters. The van der Waals surface area contributed by atoms with Crippen LogP contribution in [0.3, 0.4) is 0 Å². The zero-order chi connectivity index (χ0) is 13.7. The maximum absolute atomic E-state index is 11.7. The number of aliphatic carboxylic acids is 1.